The zero-order chi connectivity index (χ0) is 50.3. The van der Waals surface area contributed by atoms with Gasteiger partial charge >= 0.3 is 7.82 Å². The number of carbonyl (C=O) groups excluding carboxylic acids is 6. The summed E-state index contributed by atoms with van der Waals surface area (Å²) in [7, 11) is -5.13. The van der Waals surface area contributed by atoms with Crippen LogP contribution in [0.15, 0.2) is 58.5 Å². The molecule has 5 rings (SSSR count). The molecule has 3 aromatic heterocycles. The minimum Gasteiger partial charge on any atom is -0.452 e. The Morgan fingerprint density at radius 1 is 0.971 bits per heavy atom. The molecular formula is C44H61N10O13PS. The van der Waals surface area contributed by atoms with Gasteiger partial charge in [-0.05, 0) is 75.6 Å². The number of aliphatic hydroxyl groups excluding tert-OH is 1. The van der Waals surface area contributed by atoms with Crippen molar-refractivity contribution in [3.8, 4) is 10.8 Å². The Morgan fingerprint density at radius 3 is 2.38 bits per heavy atom. The van der Waals surface area contributed by atoms with Crippen LogP contribution in [0.5, 0.6) is 0 Å². The van der Waals surface area contributed by atoms with Gasteiger partial charge in [-0.15, -0.1) is 11.3 Å². The molecule has 1 aliphatic rings. The van der Waals surface area contributed by atoms with Crippen LogP contribution in [0.4, 0.5) is 0 Å². The SMILES string of the molecule is CC(=O)N1CCC[C@H]1C(=O)N[C@@H](CC(C)C)C(=O)N[C@@H](Cc1cncn1CCCCCCO/N=C/c1ccc(-c2nc3ccccc3s2)o1)C(=O)N[C@@H](CO)C(=O)N[C@H](C(N)=O)[C@@H](C)OP(=O)(O)O. The fourth-order valence-electron chi connectivity index (χ4n) is 7.67. The van der Waals surface area contributed by atoms with Crippen molar-refractivity contribution < 1.29 is 62.0 Å². The highest BCUT2D eigenvalue weighted by Crippen LogP contribution is 2.38. The van der Waals surface area contributed by atoms with E-state index in [2.05, 4.69) is 40.9 Å². The van der Waals surface area contributed by atoms with Crippen molar-refractivity contribution in [2.45, 2.75) is 122 Å². The minimum absolute atomic E-state index is 0.106. The zero-order valence-electron chi connectivity index (χ0n) is 38.8. The van der Waals surface area contributed by atoms with Crippen molar-refractivity contribution in [3.05, 3.63) is 60.4 Å². The number of hydrogen-bond donors (Lipinski definition) is 8. The second-order valence-electron chi connectivity index (χ2n) is 17.0. The van der Waals surface area contributed by atoms with Gasteiger partial charge < -0.3 is 60.6 Å². The normalized spacial score (nSPS) is 16.2. The van der Waals surface area contributed by atoms with Gasteiger partial charge in [-0.1, -0.05) is 37.6 Å². The van der Waals surface area contributed by atoms with Crippen LogP contribution < -0.4 is 27.0 Å². The molecule has 0 spiro atoms. The molecule has 6 atom stereocenters. The molecule has 0 aliphatic carbocycles. The van der Waals surface area contributed by atoms with Crippen LogP contribution in [0.1, 0.15) is 84.1 Å². The Kier molecular flexibility index (Phi) is 19.9. The smallest absolute Gasteiger partial charge is 0.452 e. The number of fused-ring (bicyclic) bond motifs is 1. The quantitative estimate of drug-likeness (QED) is 0.0183. The lowest BCUT2D eigenvalue weighted by Gasteiger charge is -2.28. The first-order valence-electron chi connectivity index (χ1n) is 22.6. The number of unbranched alkanes of at least 4 members (excludes halogenated alkanes) is 3. The highest BCUT2D eigenvalue weighted by Gasteiger charge is 2.37. The fourth-order valence-corrected chi connectivity index (χ4v) is 9.16. The monoisotopic (exact) mass is 1000 g/mol. The summed E-state index contributed by atoms with van der Waals surface area (Å²) in [5.41, 5.74) is 6.78. The van der Waals surface area contributed by atoms with E-state index in [0.29, 0.717) is 62.6 Å². The number of benzene rings is 1. The van der Waals surface area contributed by atoms with Crippen molar-refractivity contribution in [1.82, 2.24) is 40.7 Å². The number of nitrogens with one attached hydrogen (secondary N) is 4. The van der Waals surface area contributed by atoms with Gasteiger partial charge in [0.15, 0.2) is 10.8 Å². The van der Waals surface area contributed by atoms with Gasteiger partial charge in [-0.25, -0.2) is 14.5 Å². The van der Waals surface area contributed by atoms with Crippen molar-refractivity contribution in [2.75, 3.05) is 19.8 Å². The van der Waals surface area contributed by atoms with E-state index in [1.165, 1.54) is 35.6 Å². The van der Waals surface area contributed by atoms with Crippen LogP contribution in [0.2, 0.25) is 0 Å². The average Bonchev–Trinajstić information content (AvgIpc) is 4.12. The molecule has 1 fully saturated rings. The highest BCUT2D eigenvalue weighted by molar-refractivity contribution is 7.46. The number of furan rings is 1. The molecule has 69 heavy (non-hydrogen) atoms. The summed E-state index contributed by atoms with van der Waals surface area (Å²) in [6.45, 7) is 6.35. The number of likely N-dealkylation sites (tertiary alicyclic amines) is 1. The largest absolute Gasteiger partial charge is 0.469 e. The number of phosphoric ester groups is 1. The van der Waals surface area contributed by atoms with Crippen LogP contribution in [-0.2, 0) is 55.7 Å². The number of primary amides is 1. The molecule has 1 saturated heterocycles. The maximum Gasteiger partial charge on any atom is 0.469 e. The van der Waals surface area contributed by atoms with Crippen LogP contribution in [0.3, 0.4) is 0 Å². The molecule has 4 aromatic rings. The first-order valence-corrected chi connectivity index (χ1v) is 24.9. The summed E-state index contributed by atoms with van der Waals surface area (Å²) in [6.07, 6.45) is 7.00. The number of aryl methyl sites for hydroxylation is 1. The number of imidazole rings is 1. The molecular weight excluding hydrogens is 940 g/mol. The number of phosphoric acid groups is 1. The first-order chi connectivity index (χ1) is 32.8. The molecule has 0 saturated carbocycles. The van der Waals surface area contributed by atoms with E-state index < -0.39 is 80.3 Å². The molecule has 23 nitrogen and oxygen atoms in total. The zero-order valence-corrected chi connectivity index (χ0v) is 40.5. The number of aliphatic hydroxyl groups is 1. The summed E-state index contributed by atoms with van der Waals surface area (Å²) >= 11 is 1.54. The third kappa shape index (κ3) is 16.3. The molecule has 4 heterocycles. The second-order valence-corrected chi connectivity index (χ2v) is 19.2. The minimum atomic E-state index is -5.13. The lowest BCUT2D eigenvalue weighted by atomic mass is 10.0. The van der Waals surface area contributed by atoms with Gasteiger partial charge in [0.05, 0.1) is 29.3 Å². The lowest BCUT2D eigenvalue weighted by molar-refractivity contribution is -0.139. The Balaban J connectivity index is 1.20. The Morgan fingerprint density at radius 2 is 1.68 bits per heavy atom. The van der Waals surface area contributed by atoms with Gasteiger partial charge in [-0.3, -0.25) is 33.3 Å². The standard InChI is InChI=1S/C44H61N10O13PS/c1-26(2)20-32(49-43(61)35-13-11-18-54(35)28(4)56)40(58)48-33(41(59)50-34(24-55)42(60)52-38(39(45)57)27(3)67-68(62,63)64)21-29-22-46-25-53(29)17-9-5-6-10-19-65-47-23-30-15-16-36(66-30)44-51-31-12-7-8-14-37(31)69-44/h7-8,12,14-16,22-23,25-27,32-35,38,55H,5-6,9-11,13,17-21,24H2,1-4H3,(H2,45,57)(H,48,58)(H,49,61)(H,50,59)(H,52,60)(H2,62,63,64)/b47-23+/t27-,32+,33+,34+,35+,38+/m1/s1. The van der Waals surface area contributed by atoms with Crippen molar-refractivity contribution in [3.63, 3.8) is 0 Å². The average molecular weight is 1000 g/mol. The number of oxime groups is 1. The van der Waals surface area contributed by atoms with E-state index >= 15 is 0 Å². The van der Waals surface area contributed by atoms with E-state index in [9.17, 15) is 48.2 Å². The van der Waals surface area contributed by atoms with E-state index in [0.717, 1.165) is 35.0 Å². The maximum atomic E-state index is 14.1. The third-order valence-corrected chi connectivity index (χ3v) is 12.8. The predicted molar refractivity (Wildman–Crippen MR) is 252 cm³/mol. The number of para-hydroxylation sites is 1. The van der Waals surface area contributed by atoms with E-state index in [4.69, 9.17) is 15.0 Å². The maximum absolute atomic E-state index is 14.1. The summed E-state index contributed by atoms with van der Waals surface area (Å²) in [4.78, 5) is 114. The molecule has 0 bridgehead atoms. The molecule has 9 N–H and O–H groups in total. The first kappa shape index (κ1) is 53.9. The van der Waals surface area contributed by atoms with Crippen LogP contribution in [0.25, 0.3) is 21.0 Å². The van der Waals surface area contributed by atoms with Crippen molar-refractivity contribution in [2.24, 2.45) is 16.8 Å². The summed E-state index contributed by atoms with van der Waals surface area (Å²) in [5, 5.41) is 25.0. The molecule has 1 aliphatic heterocycles. The lowest BCUT2D eigenvalue weighted by Crippen LogP contribution is -2.61. The Labute approximate surface area is 402 Å². The Bertz CT molecular complexity index is 2440. The Hall–Kier alpha value is -6.04. The molecule has 25 heteroatoms. The van der Waals surface area contributed by atoms with Crippen LogP contribution in [-0.4, -0.2) is 132 Å². The predicted octanol–water partition coefficient (Wildman–Crippen LogP) is 1.88. The number of aromatic nitrogens is 3. The number of hydrogen-bond acceptors (Lipinski definition) is 15. The molecule has 1 aromatic carbocycles. The van der Waals surface area contributed by atoms with E-state index in [1.54, 1.807) is 17.0 Å². The number of carbonyl (C=O) groups is 6. The number of nitrogens with two attached hydrogens (primary N) is 1. The third-order valence-electron chi connectivity index (χ3n) is 11.1. The van der Waals surface area contributed by atoms with Crippen molar-refractivity contribution in [1.29, 1.82) is 0 Å². The topological polar surface area (TPSA) is 332 Å². The molecule has 376 valence electrons. The van der Waals surface area contributed by atoms with Gasteiger partial charge in [0.25, 0.3) is 0 Å². The van der Waals surface area contributed by atoms with Gasteiger partial charge in [0.1, 0.15) is 48.8 Å². The van der Waals surface area contributed by atoms with Crippen LogP contribution >= 0.6 is 19.2 Å². The van der Waals surface area contributed by atoms with Gasteiger partial charge in [0.2, 0.25) is 35.4 Å². The van der Waals surface area contributed by atoms with Crippen molar-refractivity contribution >= 4 is 71.0 Å². The summed E-state index contributed by atoms with van der Waals surface area (Å²) in [6, 6.07) is 4.59. The van der Waals surface area contributed by atoms with E-state index in [1.807, 2.05) is 44.2 Å². The summed E-state index contributed by atoms with van der Waals surface area (Å²) in [5.74, 6) is -3.81. The number of nitrogens with zero attached hydrogens (tertiary/aromatic N) is 5. The summed E-state index contributed by atoms with van der Waals surface area (Å²) < 4.78 is 24.7. The number of thiazole rings is 1. The van der Waals surface area contributed by atoms with Gasteiger partial charge in [-0.2, -0.15) is 0 Å². The van der Waals surface area contributed by atoms with Crippen LogP contribution in [0, 0.1) is 5.92 Å². The number of amides is 6. The molecule has 0 unspecified atom stereocenters. The number of rotatable bonds is 27. The van der Waals surface area contributed by atoms with E-state index in [-0.39, 0.29) is 24.7 Å². The molecule has 6 amide bonds. The fraction of sp³-hybridized carbons (Fsp3) is 0.523. The molecule has 0 radical (unpaired) electrons. The van der Waals surface area contributed by atoms with Gasteiger partial charge in [0, 0.05) is 38.3 Å². The second kappa shape index (κ2) is 25.5. The highest BCUT2D eigenvalue weighted by atomic mass is 32.1.